The number of methoxy groups -OCH3 is 1. The van der Waals surface area contributed by atoms with E-state index in [1.54, 1.807) is 19.2 Å². The molecule has 2 aliphatic rings. The van der Waals surface area contributed by atoms with E-state index < -0.39 is 22.7 Å². The first-order chi connectivity index (χ1) is 20.2. The van der Waals surface area contributed by atoms with Gasteiger partial charge in [0, 0.05) is 37.2 Å². The molecule has 5 rings (SSSR count). The maximum absolute atomic E-state index is 14.9. The zero-order chi connectivity index (χ0) is 30.0. The van der Waals surface area contributed by atoms with E-state index in [0.717, 1.165) is 11.8 Å². The minimum atomic E-state index is -0.840. The molecule has 2 N–H and O–H groups in total. The van der Waals surface area contributed by atoms with E-state index in [4.69, 9.17) is 25.9 Å². The topological polar surface area (TPSA) is 101 Å². The van der Waals surface area contributed by atoms with Crippen LogP contribution in [0.2, 0.25) is 5.02 Å². The van der Waals surface area contributed by atoms with E-state index in [-0.39, 0.29) is 23.7 Å². The molecule has 1 amide bonds. The number of benzene rings is 2. The standard InChI is InChI=1S/C29H31ClF2N6O4/c1-5-27(39)36-20-10-21(24(40-4)11-23(20)37-13-16(2)42-17(3)14-37)35-25-12-26(34-15-33-25)38-22(8-9-41-38)18-6-7-19(31)28(30)29(18)32/h5-7,10-12,15-17,22H,1,8-9,13-14H2,2-4H3,(H,36,39)(H,33,34,35)/t16-,17+,22?. The van der Waals surface area contributed by atoms with Crippen LogP contribution in [0.4, 0.5) is 37.5 Å². The predicted molar refractivity (Wildman–Crippen MR) is 157 cm³/mol. The summed E-state index contributed by atoms with van der Waals surface area (Å²) in [5.74, 6) is -0.802. The van der Waals surface area contributed by atoms with Crippen molar-refractivity contribution in [1.82, 2.24) is 9.97 Å². The van der Waals surface area contributed by atoms with Crippen molar-refractivity contribution < 1.29 is 27.9 Å². The molecule has 0 saturated carbocycles. The number of rotatable bonds is 8. The number of anilines is 5. The van der Waals surface area contributed by atoms with Crippen molar-refractivity contribution in [2.45, 2.75) is 38.5 Å². The first-order valence-corrected chi connectivity index (χ1v) is 13.8. The number of halogens is 3. The van der Waals surface area contributed by atoms with Crippen LogP contribution in [0.5, 0.6) is 5.75 Å². The zero-order valence-electron chi connectivity index (χ0n) is 23.4. The SMILES string of the molecule is C=CC(=O)Nc1cc(Nc2cc(N3OCCC3c3ccc(F)c(Cl)c3F)ncn2)c(OC)cc1N1C[C@@H](C)O[C@@H](C)C1. The van der Waals surface area contributed by atoms with Gasteiger partial charge in [-0.2, -0.15) is 0 Å². The molecular weight excluding hydrogens is 570 g/mol. The number of hydroxylamine groups is 1. The fourth-order valence-corrected chi connectivity index (χ4v) is 5.38. The van der Waals surface area contributed by atoms with Crippen LogP contribution in [0, 0.1) is 11.6 Å². The molecule has 2 aromatic carbocycles. The first-order valence-electron chi connectivity index (χ1n) is 13.4. The molecule has 42 heavy (non-hydrogen) atoms. The third kappa shape index (κ3) is 6.10. The van der Waals surface area contributed by atoms with Crippen LogP contribution in [0.25, 0.3) is 0 Å². The molecule has 3 atom stereocenters. The van der Waals surface area contributed by atoms with E-state index in [1.165, 1.54) is 23.5 Å². The highest BCUT2D eigenvalue weighted by atomic mass is 35.5. The number of carbonyl (C=O) groups excluding carboxylic acids is 1. The molecule has 222 valence electrons. The van der Waals surface area contributed by atoms with E-state index in [9.17, 15) is 13.6 Å². The predicted octanol–water partition coefficient (Wildman–Crippen LogP) is 5.78. The summed E-state index contributed by atoms with van der Waals surface area (Å²) >= 11 is 5.83. The molecule has 0 bridgehead atoms. The van der Waals surface area contributed by atoms with Gasteiger partial charge < -0.3 is 25.0 Å². The Balaban J connectivity index is 1.46. The Bertz CT molecular complexity index is 1480. The second-order valence-corrected chi connectivity index (χ2v) is 10.4. The molecule has 0 spiro atoms. The maximum Gasteiger partial charge on any atom is 0.247 e. The number of carbonyl (C=O) groups is 1. The van der Waals surface area contributed by atoms with Gasteiger partial charge >= 0.3 is 0 Å². The summed E-state index contributed by atoms with van der Waals surface area (Å²) in [5, 5.41) is 7.00. The average Bonchev–Trinajstić information content (AvgIpc) is 3.45. The minimum Gasteiger partial charge on any atom is -0.494 e. The molecule has 3 aromatic rings. The highest BCUT2D eigenvalue weighted by molar-refractivity contribution is 6.31. The van der Waals surface area contributed by atoms with Crippen molar-refractivity contribution in [3.63, 3.8) is 0 Å². The average molecular weight is 601 g/mol. The lowest BCUT2D eigenvalue weighted by atomic mass is 10.0. The molecule has 0 aliphatic carbocycles. The lowest BCUT2D eigenvalue weighted by Crippen LogP contribution is -2.45. The van der Waals surface area contributed by atoms with Gasteiger partial charge in [0.2, 0.25) is 5.91 Å². The second kappa shape index (κ2) is 12.5. The highest BCUT2D eigenvalue weighted by Crippen LogP contribution is 2.41. The van der Waals surface area contributed by atoms with Gasteiger partial charge in [-0.25, -0.2) is 23.8 Å². The Hall–Kier alpha value is -4.00. The summed E-state index contributed by atoms with van der Waals surface area (Å²) in [6, 6.07) is 7.12. The maximum atomic E-state index is 14.9. The molecule has 2 fully saturated rings. The molecule has 3 heterocycles. The number of ether oxygens (including phenoxy) is 2. The lowest BCUT2D eigenvalue weighted by molar-refractivity contribution is -0.111. The van der Waals surface area contributed by atoms with Gasteiger partial charge in [0.1, 0.15) is 34.6 Å². The summed E-state index contributed by atoms with van der Waals surface area (Å²) in [6.45, 7) is 9.12. The van der Waals surface area contributed by atoms with Crippen LogP contribution < -0.4 is 25.3 Å². The molecule has 2 aliphatic heterocycles. The van der Waals surface area contributed by atoms with Gasteiger partial charge in [0.05, 0.1) is 49.0 Å². The van der Waals surface area contributed by atoms with Crippen LogP contribution >= 0.6 is 11.6 Å². The summed E-state index contributed by atoms with van der Waals surface area (Å²) in [7, 11) is 1.55. The monoisotopic (exact) mass is 600 g/mol. The van der Waals surface area contributed by atoms with Crippen LogP contribution in [-0.4, -0.2) is 54.9 Å². The fraction of sp³-hybridized carbons (Fsp3) is 0.345. The summed E-state index contributed by atoms with van der Waals surface area (Å²) in [6.07, 6.45) is 2.96. The largest absolute Gasteiger partial charge is 0.494 e. The Morgan fingerprint density at radius 2 is 1.93 bits per heavy atom. The van der Waals surface area contributed by atoms with E-state index in [2.05, 4.69) is 32.1 Å². The number of aromatic nitrogens is 2. The quantitative estimate of drug-likeness (QED) is 0.246. The van der Waals surface area contributed by atoms with Gasteiger partial charge in [-0.15, -0.1) is 0 Å². The Labute approximate surface area is 247 Å². The summed E-state index contributed by atoms with van der Waals surface area (Å²) < 4.78 is 40.2. The van der Waals surface area contributed by atoms with Gasteiger partial charge in [-0.1, -0.05) is 24.2 Å². The van der Waals surface area contributed by atoms with Crippen molar-refractivity contribution in [1.29, 1.82) is 0 Å². The zero-order valence-corrected chi connectivity index (χ0v) is 24.1. The Morgan fingerprint density at radius 3 is 2.64 bits per heavy atom. The fourth-order valence-electron chi connectivity index (χ4n) is 5.21. The van der Waals surface area contributed by atoms with Crippen LogP contribution in [-0.2, 0) is 14.4 Å². The summed E-state index contributed by atoms with van der Waals surface area (Å²) in [4.78, 5) is 28.9. The number of hydrogen-bond acceptors (Lipinski definition) is 9. The van der Waals surface area contributed by atoms with Crippen molar-refractivity contribution in [3.8, 4) is 5.75 Å². The minimum absolute atomic E-state index is 0.00372. The van der Waals surface area contributed by atoms with Crippen molar-refractivity contribution >= 4 is 46.2 Å². The number of morpholine rings is 1. The van der Waals surface area contributed by atoms with Crippen molar-refractivity contribution in [2.24, 2.45) is 0 Å². The molecule has 10 nitrogen and oxygen atoms in total. The smallest absolute Gasteiger partial charge is 0.247 e. The Kier molecular flexibility index (Phi) is 8.76. The van der Waals surface area contributed by atoms with Crippen LogP contribution in [0.3, 0.4) is 0 Å². The van der Waals surface area contributed by atoms with Crippen LogP contribution in [0.1, 0.15) is 31.9 Å². The second-order valence-electron chi connectivity index (χ2n) is 10.0. The van der Waals surface area contributed by atoms with Gasteiger partial charge in [0.25, 0.3) is 0 Å². The number of amides is 1. The summed E-state index contributed by atoms with van der Waals surface area (Å²) in [5.41, 5.74) is 2.03. The van der Waals surface area contributed by atoms with Gasteiger partial charge in [0.15, 0.2) is 5.82 Å². The van der Waals surface area contributed by atoms with Crippen molar-refractivity contribution in [2.75, 3.05) is 47.4 Å². The van der Waals surface area contributed by atoms with Gasteiger partial charge in [-0.3, -0.25) is 9.63 Å². The van der Waals surface area contributed by atoms with Crippen LogP contribution in [0.15, 0.2) is 49.3 Å². The van der Waals surface area contributed by atoms with Crippen molar-refractivity contribution in [3.05, 3.63) is 71.5 Å². The third-order valence-electron chi connectivity index (χ3n) is 6.99. The van der Waals surface area contributed by atoms with E-state index >= 15 is 0 Å². The number of nitrogens with zero attached hydrogens (tertiary/aromatic N) is 4. The van der Waals surface area contributed by atoms with Gasteiger partial charge in [-0.05, 0) is 32.1 Å². The lowest BCUT2D eigenvalue weighted by Gasteiger charge is -2.38. The molecule has 1 unspecified atom stereocenters. The van der Waals surface area contributed by atoms with E-state index in [1.807, 2.05) is 19.9 Å². The number of hydrogen-bond donors (Lipinski definition) is 2. The Morgan fingerprint density at radius 1 is 1.17 bits per heavy atom. The molecule has 1 aromatic heterocycles. The molecule has 2 saturated heterocycles. The molecule has 0 radical (unpaired) electrons. The van der Waals surface area contributed by atoms with E-state index in [0.29, 0.717) is 54.9 Å². The number of nitrogens with one attached hydrogen (secondary N) is 2. The molecular formula is C29H31ClF2N6O4. The first kappa shape index (κ1) is 29.5. The normalized spacial score (nSPS) is 20.4. The highest BCUT2D eigenvalue weighted by Gasteiger charge is 2.33. The third-order valence-corrected chi connectivity index (χ3v) is 7.34. The molecule has 13 heteroatoms.